The number of nitrogens with zero attached hydrogens (tertiary/aromatic N) is 2. The van der Waals surface area contributed by atoms with Gasteiger partial charge in [-0.1, -0.05) is 12.1 Å². The molecule has 4 rings (SSSR count). The third-order valence-corrected chi connectivity index (χ3v) is 4.66. The van der Waals surface area contributed by atoms with E-state index in [-0.39, 0.29) is 0 Å². The van der Waals surface area contributed by atoms with Gasteiger partial charge in [0.2, 0.25) is 0 Å². The van der Waals surface area contributed by atoms with Gasteiger partial charge in [-0.3, -0.25) is 25.0 Å². The lowest BCUT2D eigenvalue weighted by atomic mass is 10.2. The molecule has 1 atom stereocenters. The van der Waals surface area contributed by atoms with Crippen molar-refractivity contribution in [2.24, 2.45) is 0 Å². The van der Waals surface area contributed by atoms with Crippen molar-refractivity contribution in [3.8, 4) is 11.4 Å². The number of amides is 2. The van der Waals surface area contributed by atoms with E-state index in [4.69, 9.17) is 4.74 Å². The summed E-state index contributed by atoms with van der Waals surface area (Å²) in [7, 11) is 0. The molecule has 0 fully saturated rings. The summed E-state index contributed by atoms with van der Waals surface area (Å²) in [5.74, 6) is -1.06. The van der Waals surface area contributed by atoms with Crippen LogP contribution in [0.25, 0.3) is 16.7 Å². The number of aromatic nitrogens is 2. The molecule has 0 bridgehead atoms. The number of fused-ring (bicyclic) bond motifs is 1. The second-order valence-corrected chi connectivity index (χ2v) is 6.81. The zero-order chi connectivity index (χ0) is 21.8. The molecule has 8 heteroatoms. The summed E-state index contributed by atoms with van der Waals surface area (Å²) in [6.07, 6.45) is 0.838. The summed E-state index contributed by atoms with van der Waals surface area (Å²) in [5, 5.41) is 0. The number of nitrogens with one attached hydrogen (secondary N) is 2. The molecule has 0 radical (unpaired) electrons. The van der Waals surface area contributed by atoms with Crippen molar-refractivity contribution in [1.29, 1.82) is 0 Å². The lowest BCUT2D eigenvalue weighted by Crippen LogP contribution is -2.47. The average Bonchev–Trinajstić information content (AvgIpc) is 3.23. The van der Waals surface area contributed by atoms with Crippen molar-refractivity contribution in [3.05, 3.63) is 90.5 Å². The van der Waals surface area contributed by atoms with Gasteiger partial charge in [-0.2, -0.15) is 0 Å². The summed E-state index contributed by atoms with van der Waals surface area (Å²) in [5.41, 5.74) is 7.76. The fourth-order valence-corrected chi connectivity index (χ4v) is 3.00. The van der Waals surface area contributed by atoms with Crippen molar-refractivity contribution in [1.82, 2.24) is 20.4 Å². The first-order chi connectivity index (χ1) is 15.0. The molecule has 1 aromatic heterocycles. The second kappa shape index (κ2) is 8.66. The van der Waals surface area contributed by atoms with Gasteiger partial charge < -0.3 is 4.74 Å². The third kappa shape index (κ3) is 4.53. The molecule has 1 heterocycles. The molecule has 3 aromatic carbocycles. The summed E-state index contributed by atoms with van der Waals surface area (Å²) in [6, 6.07) is 20.0. The van der Waals surface area contributed by atoms with Crippen LogP contribution in [0.15, 0.2) is 79.1 Å². The zero-order valence-electron chi connectivity index (χ0n) is 16.6. The molecule has 0 spiro atoms. The van der Waals surface area contributed by atoms with E-state index in [0.29, 0.717) is 11.3 Å². The highest BCUT2D eigenvalue weighted by Gasteiger charge is 2.16. The number of rotatable bonds is 5. The number of hydrogen-bond donors (Lipinski definition) is 2. The van der Waals surface area contributed by atoms with Gasteiger partial charge in [-0.05, 0) is 67.6 Å². The van der Waals surface area contributed by atoms with Gasteiger partial charge in [0, 0.05) is 11.3 Å². The van der Waals surface area contributed by atoms with Crippen LogP contribution in [-0.4, -0.2) is 27.5 Å². The van der Waals surface area contributed by atoms with Crippen LogP contribution in [0.1, 0.15) is 17.3 Å². The maximum absolute atomic E-state index is 12.9. The normalized spacial score (nSPS) is 11.7. The van der Waals surface area contributed by atoms with Crippen LogP contribution in [0.4, 0.5) is 4.39 Å². The topological polar surface area (TPSA) is 85.3 Å². The van der Waals surface area contributed by atoms with Crippen molar-refractivity contribution >= 4 is 22.8 Å². The van der Waals surface area contributed by atoms with Crippen LogP contribution in [0.5, 0.6) is 5.75 Å². The molecule has 0 aliphatic heterocycles. The van der Waals surface area contributed by atoms with Crippen LogP contribution in [0.3, 0.4) is 0 Å². The van der Waals surface area contributed by atoms with Crippen LogP contribution < -0.4 is 15.6 Å². The molecule has 0 saturated carbocycles. The van der Waals surface area contributed by atoms with Crippen molar-refractivity contribution in [2.45, 2.75) is 13.0 Å². The maximum atomic E-state index is 12.9. The van der Waals surface area contributed by atoms with E-state index < -0.39 is 23.7 Å². The van der Waals surface area contributed by atoms with E-state index in [1.165, 1.54) is 31.2 Å². The molecule has 0 saturated heterocycles. The Morgan fingerprint density at radius 1 is 0.968 bits per heavy atom. The van der Waals surface area contributed by atoms with Gasteiger partial charge in [0.25, 0.3) is 11.8 Å². The highest BCUT2D eigenvalue weighted by molar-refractivity contribution is 5.96. The Morgan fingerprint density at radius 3 is 2.42 bits per heavy atom. The van der Waals surface area contributed by atoms with Gasteiger partial charge in [-0.15, -0.1) is 0 Å². The number of hydrazine groups is 1. The minimum atomic E-state index is -0.886. The standard InChI is InChI=1S/C23H19FN4O3/c1-15(31-19-12-8-17(24)9-13-19)22(29)26-27-23(30)16-6-10-18(11-7-16)28-14-25-20-4-2-3-5-21(20)28/h2-15H,1H3,(H,26,29)(H,27,30). The third-order valence-electron chi connectivity index (χ3n) is 4.66. The quantitative estimate of drug-likeness (QED) is 0.487. The molecule has 2 amide bonds. The van der Waals surface area contributed by atoms with Crippen LogP contribution in [0, 0.1) is 5.82 Å². The Kier molecular flexibility index (Phi) is 5.61. The fourth-order valence-electron chi connectivity index (χ4n) is 3.00. The second-order valence-electron chi connectivity index (χ2n) is 6.81. The number of carbonyl (C=O) groups is 2. The van der Waals surface area contributed by atoms with E-state index in [2.05, 4.69) is 15.8 Å². The van der Waals surface area contributed by atoms with Crippen molar-refractivity contribution < 1.29 is 18.7 Å². The maximum Gasteiger partial charge on any atom is 0.279 e. The summed E-state index contributed by atoms with van der Waals surface area (Å²) < 4.78 is 20.3. The first kappa shape index (κ1) is 20.1. The first-order valence-corrected chi connectivity index (χ1v) is 9.56. The van der Waals surface area contributed by atoms with Crippen molar-refractivity contribution in [2.75, 3.05) is 0 Å². The molecular weight excluding hydrogens is 399 g/mol. The highest BCUT2D eigenvalue weighted by atomic mass is 19.1. The van der Waals surface area contributed by atoms with E-state index >= 15 is 0 Å². The van der Waals surface area contributed by atoms with Crippen molar-refractivity contribution in [3.63, 3.8) is 0 Å². The Bertz CT molecular complexity index is 1220. The van der Waals surface area contributed by atoms with E-state index in [0.717, 1.165) is 16.7 Å². The molecule has 4 aromatic rings. The molecule has 1 unspecified atom stereocenters. The van der Waals surface area contributed by atoms with Crippen LogP contribution in [0.2, 0.25) is 0 Å². The Hall–Kier alpha value is -4.20. The molecule has 2 N–H and O–H groups in total. The smallest absolute Gasteiger partial charge is 0.279 e. The number of para-hydroxylation sites is 2. The van der Waals surface area contributed by atoms with Gasteiger partial charge in [0.05, 0.1) is 11.0 Å². The van der Waals surface area contributed by atoms with Gasteiger partial charge >= 0.3 is 0 Å². The Labute approximate surface area is 177 Å². The molecule has 31 heavy (non-hydrogen) atoms. The minimum absolute atomic E-state index is 0.345. The number of carbonyl (C=O) groups excluding carboxylic acids is 2. The Morgan fingerprint density at radius 2 is 1.68 bits per heavy atom. The lowest BCUT2D eigenvalue weighted by molar-refractivity contribution is -0.128. The van der Waals surface area contributed by atoms with E-state index in [9.17, 15) is 14.0 Å². The number of benzene rings is 3. The van der Waals surface area contributed by atoms with Crippen LogP contribution >= 0.6 is 0 Å². The summed E-state index contributed by atoms with van der Waals surface area (Å²) in [4.78, 5) is 28.9. The largest absolute Gasteiger partial charge is 0.481 e. The molecule has 0 aliphatic carbocycles. The number of halogens is 1. The number of hydrogen-bond acceptors (Lipinski definition) is 4. The SMILES string of the molecule is CC(Oc1ccc(F)cc1)C(=O)NNC(=O)c1ccc(-n2cnc3ccccc32)cc1. The zero-order valence-corrected chi connectivity index (χ0v) is 16.6. The predicted octanol–water partition coefficient (Wildman–Crippen LogP) is 3.39. The summed E-state index contributed by atoms with van der Waals surface area (Å²) in [6.45, 7) is 1.52. The molecular formula is C23H19FN4O3. The fraction of sp³-hybridized carbons (Fsp3) is 0.0870. The predicted molar refractivity (Wildman–Crippen MR) is 113 cm³/mol. The lowest BCUT2D eigenvalue weighted by Gasteiger charge is -2.15. The molecule has 0 aliphatic rings. The first-order valence-electron chi connectivity index (χ1n) is 9.56. The highest BCUT2D eigenvalue weighted by Crippen LogP contribution is 2.18. The van der Waals surface area contributed by atoms with Crippen LogP contribution in [-0.2, 0) is 4.79 Å². The van der Waals surface area contributed by atoms with Gasteiger partial charge in [0.15, 0.2) is 6.10 Å². The number of ether oxygens (including phenoxy) is 1. The molecule has 7 nitrogen and oxygen atoms in total. The number of imidazole rings is 1. The van der Waals surface area contributed by atoms with Gasteiger partial charge in [-0.25, -0.2) is 9.37 Å². The monoisotopic (exact) mass is 418 g/mol. The Balaban J connectivity index is 1.35. The summed E-state index contributed by atoms with van der Waals surface area (Å²) >= 11 is 0. The van der Waals surface area contributed by atoms with Gasteiger partial charge in [0.1, 0.15) is 17.9 Å². The average molecular weight is 418 g/mol. The molecule has 156 valence electrons. The minimum Gasteiger partial charge on any atom is -0.481 e. The van der Waals surface area contributed by atoms with E-state index in [1.54, 1.807) is 30.6 Å². The van der Waals surface area contributed by atoms with E-state index in [1.807, 2.05) is 28.8 Å².